The van der Waals surface area contributed by atoms with Crippen molar-refractivity contribution in [2.75, 3.05) is 18.0 Å². The summed E-state index contributed by atoms with van der Waals surface area (Å²) in [7, 11) is 0. The van der Waals surface area contributed by atoms with Gasteiger partial charge in [-0.2, -0.15) is 11.3 Å². The van der Waals surface area contributed by atoms with Gasteiger partial charge in [-0.15, -0.1) is 11.3 Å². The number of hydrogen-bond donors (Lipinski definition) is 0. The molecule has 124 valence electrons. The molecule has 1 fully saturated rings. The summed E-state index contributed by atoms with van der Waals surface area (Å²) in [5, 5.41) is 7.09. The van der Waals surface area contributed by atoms with E-state index in [0.29, 0.717) is 0 Å². The maximum Gasteiger partial charge on any atom is 0.226 e. The van der Waals surface area contributed by atoms with E-state index in [4.69, 9.17) is 9.72 Å². The predicted octanol–water partition coefficient (Wildman–Crippen LogP) is 3.94. The van der Waals surface area contributed by atoms with Gasteiger partial charge in [-0.25, -0.2) is 15.0 Å². The quantitative estimate of drug-likeness (QED) is 0.710. The van der Waals surface area contributed by atoms with E-state index in [1.807, 2.05) is 17.8 Å². The summed E-state index contributed by atoms with van der Waals surface area (Å²) in [6.07, 6.45) is 4.10. The fourth-order valence-corrected chi connectivity index (χ4v) is 4.29. The SMILES string of the molecule is C[C@@H]1CN(c2ncc(-c3ccsc3)c(-c3nccs3)n2)C[C@H](C)O1. The molecule has 1 saturated heterocycles. The van der Waals surface area contributed by atoms with Gasteiger partial charge in [0.15, 0.2) is 0 Å². The van der Waals surface area contributed by atoms with E-state index in [1.54, 1.807) is 22.7 Å². The van der Waals surface area contributed by atoms with Crippen molar-refractivity contribution in [1.82, 2.24) is 15.0 Å². The summed E-state index contributed by atoms with van der Waals surface area (Å²) in [6, 6.07) is 2.10. The van der Waals surface area contributed by atoms with Gasteiger partial charge in [0.25, 0.3) is 0 Å². The van der Waals surface area contributed by atoms with Crippen LogP contribution in [0.3, 0.4) is 0 Å². The van der Waals surface area contributed by atoms with E-state index >= 15 is 0 Å². The van der Waals surface area contributed by atoms with E-state index in [9.17, 15) is 0 Å². The molecule has 0 spiro atoms. The first-order valence-electron chi connectivity index (χ1n) is 7.90. The Kier molecular flexibility index (Phi) is 4.30. The lowest BCUT2D eigenvalue weighted by molar-refractivity contribution is -0.00571. The molecule has 3 aromatic rings. The Hall–Kier alpha value is -1.83. The van der Waals surface area contributed by atoms with Crippen LogP contribution in [0.4, 0.5) is 5.95 Å². The summed E-state index contributed by atoms with van der Waals surface area (Å²) >= 11 is 3.28. The third kappa shape index (κ3) is 3.07. The molecule has 0 unspecified atom stereocenters. The number of thiophene rings is 1. The molecular weight excluding hydrogens is 340 g/mol. The molecule has 3 aromatic heterocycles. The van der Waals surface area contributed by atoms with Crippen LogP contribution in [-0.4, -0.2) is 40.2 Å². The highest BCUT2D eigenvalue weighted by Crippen LogP contribution is 2.33. The van der Waals surface area contributed by atoms with Gasteiger partial charge in [0, 0.05) is 36.4 Å². The average Bonchev–Trinajstić information content (AvgIpc) is 3.27. The molecule has 1 aliphatic heterocycles. The van der Waals surface area contributed by atoms with Gasteiger partial charge >= 0.3 is 0 Å². The zero-order valence-corrected chi connectivity index (χ0v) is 15.2. The molecule has 4 heterocycles. The Labute approximate surface area is 149 Å². The highest BCUT2D eigenvalue weighted by atomic mass is 32.1. The zero-order chi connectivity index (χ0) is 16.5. The second-order valence-electron chi connectivity index (χ2n) is 5.94. The first kappa shape index (κ1) is 15.7. The van der Waals surface area contributed by atoms with Gasteiger partial charge in [-0.3, -0.25) is 0 Å². The smallest absolute Gasteiger partial charge is 0.226 e. The topological polar surface area (TPSA) is 51.1 Å². The third-order valence-electron chi connectivity index (χ3n) is 3.95. The summed E-state index contributed by atoms with van der Waals surface area (Å²) in [5.41, 5.74) is 3.07. The Morgan fingerprint density at radius 1 is 1.17 bits per heavy atom. The number of nitrogens with zero attached hydrogens (tertiary/aromatic N) is 4. The van der Waals surface area contributed by atoms with Crippen molar-refractivity contribution in [3.63, 3.8) is 0 Å². The molecule has 5 nitrogen and oxygen atoms in total. The number of thiazole rings is 1. The highest BCUT2D eigenvalue weighted by Gasteiger charge is 2.25. The van der Waals surface area contributed by atoms with Crippen LogP contribution in [-0.2, 0) is 4.74 Å². The van der Waals surface area contributed by atoms with Crippen LogP contribution in [0.25, 0.3) is 21.8 Å². The Morgan fingerprint density at radius 3 is 2.67 bits per heavy atom. The van der Waals surface area contributed by atoms with E-state index in [-0.39, 0.29) is 12.2 Å². The summed E-state index contributed by atoms with van der Waals surface area (Å²) in [4.78, 5) is 16.2. The molecule has 24 heavy (non-hydrogen) atoms. The average molecular weight is 358 g/mol. The second-order valence-corrected chi connectivity index (χ2v) is 7.62. The minimum Gasteiger partial charge on any atom is -0.372 e. The van der Waals surface area contributed by atoms with Crippen molar-refractivity contribution in [1.29, 1.82) is 0 Å². The van der Waals surface area contributed by atoms with Crippen LogP contribution in [0.1, 0.15) is 13.8 Å². The van der Waals surface area contributed by atoms with Crippen molar-refractivity contribution in [2.45, 2.75) is 26.1 Å². The van der Waals surface area contributed by atoms with Crippen LogP contribution >= 0.6 is 22.7 Å². The van der Waals surface area contributed by atoms with Crippen LogP contribution in [0.2, 0.25) is 0 Å². The van der Waals surface area contributed by atoms with Crippen LogP contribution in [0.15, 0.2) is 34.6 Å². The first-order valence-corrected chi connectivity index (χ1v) is 9.73. The number of rotatable bonds is 3. The minimum absolute atomic E-state index is 0.178. The molecule has 0 N–H and O–H groups in total. The standard InChI is InChI=1S/C17H18N4OS2/c1-11-8-21(9-12(2)22-11)17-19-7-14(13-3-5-23-10-13)15(20-17)16-18-4-6-24-16/h3-7,10-12H,8-9H2,1-2H3/t11-,12+. The van der Waals surface area contributed by atoms with Gasteiger partial charge in [-0.1, -0.05) is 0 Å². The molecule has 0 aliphatic carbocycles. The van der Waals surface area contributed by atoms with E-state index in [0.717, 1.165) is 40.9 Å². The van der Waals surface area contributed by atoms with E-state index in [1.165, 1.54) is 0 Å². The molecule has 0 radical (unpaired) electrons. The van der Waals surface area contributed by atoms with Gasteiger partial charge in [0.2, 0.25) is 5.95 Å². The maximum absolute atomic E-state index is 5.82. The molecular formula is C17H18N4OS2. The maximum atomic E-state index is 5.82. The number of ether oxygens (including phenoxy) is 1. The van der Waals surface area contributed by atoms with Gasteiger partial charge in [0.1, 0.15) is 10.7 Å². The normalized spacial score (nSPS) is 21.2. The Morgan fingerprint density at radius 2 is 2.00 bits per heavy atom. The fraction of sp³-hybridized carbons (Fsp3) is 0.353. The molecule has 0 bridgehead atoms. The highest BCUT2D eigenvalue weighted by molar-refractivity contribution is 7.13. The van der Waals surface area contributed by atoms with Gasteiger partial charge in [0.05, 0.1) is 12.2 Å². The minimum atomic E-state index is 0.178. The largest absolute Gasteiger partial charge is 0.372 e. The zero-order valence-electron chi connectivity index (χ0n) is 13.5. The van der Waals surface area contributed by atoms with Crippen molar-refractivity contribution in [3.8, 4) is 21.8 Å². The predicted molar refractivity (Wildman–Crippen MR) is 98.7 cm³/mol. The number of anilines is 1. The van der Waals surface area contributed by atoms with Gasteiger partial charge < -0.3 is 9.64 Å². The van der Waals surface area contributed by atoms with Crippen molar-refractivity contribution in [2.24, 2.45) is 0 Å². The van der Waals surface area contributed by atoms with Crippen LogP contribution in [0.5, 0.6) is 0 Å². The summed E-state index contributed by atoms with van der Waals surface area (Å²) in [6.45, 7) is 5.78. The van der Waals surface area contributed by atoms with E-state index < -0.39 is 0 Å². The molecule has 0 amide bonds. The monoisotopic (exact) mass is 358 g/mol. The van der Waals surface area contributed by atoms with Crippen molar-refractivity contribution in [3.05, 3.63) is 34.6 Å². The summed E-state index contributed by atoms with van der Waals surface area (Å²) < 4.78 is 5.82. The lowest BCUT2D eigenvalue weighted by Gasteiger charge is -2.35. The molecule has 1 aliphatic rings. The summed E-state index contributed by atoms with van der Waals surface area (Å²) in [5.74, 6) is 0.751. The molecule has 2 atom stereocenters. The van der Waals surface area contributed by atoms with Crippen molar-refractivity contribution >= 4 is 28.6 Å². The number of morpholine rings is 1. The fourth-order valence-electron chi connectivity index (χ4n) is 3.00. The lowest BCUT2D eigenvalue weighted by Crippen LogP contribution is -2.46. The second kappa shape index (κ2) is 6.58. The molecule has 7 heteroatoms. The third-order valence-corrected chi connectivity index (χ3v) is 5.41. The van der Waals surface area contributed by atoms with Crippen molar-refractivity contribution < 1.29 is 4.74 Å². The Bertz CT molecular complexity index is 794. The molecule has 0 aromatic carbocycles. The van der Waals surface area contributed by atoms with Crippen LogP contribution in [0, 0.1) is 0 Å². The lowest BCUT2D eigenvalue weighted by atomic mass is 10.1. The number of hydrogen-bond acceptors (Lipinski definition) is 7. The number of aromatic nitrogens is 3. The first-order chi connectivity index (χ1) is 11.7. The molecule has 4 rings (SSSR count). The Balaban J connectivity index is 1.77. The van der Waals surface area contributed by atoms with Crippen LogP contribution < -0.4 is 4.90 Å². The van der Waals surface area contributed by atoms with E-state index in [2.05, 4.69) is 45.5 Å². The van der Waals surface area contributed by atoms with Gasteiger partial charge in [-0.05, 0) is 36.2 Å². The molecule has 0 saturated carbocycles.